The molecule has 3 aromatic carbocycles. The molecule has 0 spiro atoms. The number of nitrogens with one attached hydrogen (secondary N) is 1. The van der Waals surface area contributed by atoms with Crippen molar-refractivity contribution in [1.29, 1.82) is 0 Å². The van der Waals surface area contributed by atoms with E-state index in [1.807, 2.05) is 5.10 Å². The van der Waals surface area contributed by atoms with Crippen LogP contribution < -0.4 is 4.74 Å². The van der Waals surface area contributed by atoms with Crippen molar-refractivity contribution < 1.29 is 23.0 Å². The molecule has 0 saturated heterocycles. The highest BCUT2D eigenvalue weighted by Crippen LogP contribution is 2.44. The minimum absolute atomic E-state index is 0.0357. The minimum atomic E-state index is -4.69. The van der Waals surface area contributed by atoms with Gasteiger partial charge in [-0.05, 0) is 42.0 Å². The number of nitrogens with zero attached hydrogens (tertiary/aromatic N) is 1. The number of phenolic OH excluding ortho intramolecular Hbond substituents is 1. The predicted octanol–water partition coefficient (Wildman–Crippen LogP) is 8.01. The van der Waals surface area contributed by atoms with E-state index in [2.05, 4.69) is 5.10 Å². The summed E-state index contributed by atoms with van der Waals surface area (Å²) in [6.07, 6.45) is -4.69. The first kappa shape index (κ1) is 23.3. The molecule has 0 aliphatic carbocycles. The molecule has 170 valence electrons. The summed E-state index contributed by atoms with van der Waals surface area (Å²) in [5.74, 6) is -0.0416. The number of hydrogen-bond donors (Lipinski definition) is 2. The Bertz CT molecular complexity index is 1290. The monoisotopic (exact) mass is 512 g/mol. The van der Waals surface area contributed by atoms with Gasteiger partial charge < -0.3 is 9.84 Å². The second-order valence-corrected chi connectivity index (χ2v) is 8.25. The maximum Gasteiger partial charge on any atom is 0.433 e. The van der Waals surface area contributed by atoms with Crippen LogP contribution in [-0.2, 0) is 12.8 Å². The van der Waals surface area contributed by atoms with E-state index in [0.717, 1.165) is 0 Å². The summed E-state index contributed by atoms with van der Waals surface area (Å²) in [6.45, 7) is 0.0357. The molecule has 2 N–H and O–H groups in total. The van der Waals surface area contributed by atoms with Crippen LogP contribution in [0.15, 0.2) is 60.7 Å². The van der Waals surface area contributed by atoms with Crippen molar-refractivity contribution in [3.8, 4) is 33.9 Å². The van der Waals surface area contributed by atoms with Crippen LogP contribution in [0.25, 0.3) is 22.4 Å². The number of H-pyrrole nitrogens is 1. The number of aromatic nitrogens is 2. The van der Waals surface area contributed by atoms with Gasteiger partial charge in [-0.15, -0.1) is 0 Å². The summed E-state index contributed by atoms with van der Waals surface area (Å²) in [7, 11) is 0. The highest BCUT2D eigenvalue weighted by atomic mass is 35.5. The molecular formula is C23H14Cl3F3N2O2. The zero-order chi connectivity index (χ0) is 23.8. The smallest absolute Gasteiger partial charge is 0.433 e. The van der Waals surface area contributed by atoms with E-state index in [1.54, 1.807) is 18.2 Å². The third-order valence-electron chi connectivity index (χ3n) is 4.85. The molecule has 1 aromatic heterocycles. The van der Waals surface area contributed by atoms with Crippen molar-refractivity contribution in [2.24, 2.45) is 0 Å². The highest BCUT2D eigenvalue weighted by Gasteiger charge is 2.38. The average molecular weight is 514 g/mol. The lowest BCUT2D eigenvalue weighted by Gasteiger charge is -2.12. The fourth-order valence-electron chi connectivity index (χ4n) is 3.27. The van der Waals surface area contributed by atoms with Crippen LogP contribution in [-0.4, -0.2) is 15.3 Å². The predicted molar refractivity (Wildman–Crippen MR) is 122 cm³/mol. The van der Waals surface area contributed by atoms with Gasteiger partial charge in [0.05, 0.1) is 0 Å². The maximum absolute atomic E-state index is 13.6. The van der Waals surface area contributed by atoms with E-state index in [9.17, 15) is 18.3 Å². The van der Waals surface area contributed by atoms with Gasteiger partial charge >= 0.3 is 6.18 Å². The minimum Gasteiger partial charge on any atom is -0.507 e. The van der Waals surface area contributed by atoms with E-state index in [0.29, 0.717) is 20.6 Å². The van der Waals surface area contributed by atoms with Gasteiger partial charge in [-0.3, -0.25) is 5.10 Å². The van der Waals surface area contributed by atoms with E-state index in [-0.39, 0.29) is 40.5 Å². The fraction of sp³-hybridized carbons (Fsp3) is 0.0870. The molecule has 0 saturated carbocycles. The van der Waals surface area contributed by atoms with Crippen LogP contribution in [0.2, 0.25) is 15.1 Å². The lowest BCUT2D eigenvalue weighted by atomic mass is 9.98. The number of aromatic amines is 1. The van der Waals surface area contributed by atoms with Crippen LogP contribution >= 0.6 is 34.8 Å². The zero-order valence-electron chi connectivity index (χ0n) is 16.6. The average Bonchev–Trinajstić information content (AvgIpc) is 3.19. The first-order valence-corrected chi connectivity index (χ1v) is 10.6. The van der Waals surface area contributed by atoms with E-state index in [1.165, 1.54) is 42.5 Å². The number of rotatable bonds is 5. The standard InChI is InChI=1S/C23H14Cl3F3N2O2/c24-13-6-4-12(5-7-13)20-21(30-31-22(20)23(27,28)29)15-9-8-14(10-19(15)32)33-11-16-17(25)2-1-3-18(16)26/h1-10,32H,11H2,(H,30,31). The summed E-state index contributed by atoms with van der Waals surface area (Å²) < 4.78 is 46.6. The van der Waals surface area contributed by atoms with Crippen LogP contribution in [0.5, 0.6) is 11.5 Å². The van der Waals surface area contributed by atoms with Gasteiger partial charge in [0.15, 0.2) is 0 Å². The molecule has 0 fully saturated rings. The van der Waals surface area contributed by atoms with Gasteiger partial charge in [-0.2, -0.15) is 18.3 Å². The molecule has 0 bridgehead atoms. The van der Waals surface area contributed by atoms with Gasteiger partial charge in [0, 0.05) is 37.8 Å². The van der Waals surface area contributed by atoms with Gasteiger partial charge in [-0.1, -0.05) is 53.0 Å². The Morgan fingerprint density at radius 2 is 1.61 bits per heavy atom. The van der Waals surface area contributed by atoms with Crippen molar-refractivity contribution in [1.82, 2.24) is 10.2 Å². The molecule has 1 heterocycles. The Morgan fingerprint density at radius 1 is 0.939 bits per heavy atom. The first-order valence-electron chi connectivity index (χ1n) is 9.45. The van der Waals surface area contributed by atoms with E-state index >= 15 is 0 Å². The molecule has 0 aliphatic rings. The number of phenols is 1. The van der Waals surface area contributed by atoms with Gasteiger partial charge in [-0.25, -0.2) is 0 Å². The summed E-state index contributed by atoms with van der Waals surface area (Å²) in [5, 5.41) is 17.7. The second-order valence-electron chi connectivity index (χ2n) is 6.99. The van der Waals surface area contributed by atoms with Crippen LogP contribution in [0.4, 0.5) is 13.2 Å². The van der Waals surface area contributed by atoms with Crippen molar-refractivity contribution >= 4 is 34.8 Å². The molecule has 4 rings (SSSR count). The largest absolute Gasteiger partial charge is 0.507 e. The Morgan fingerprint density at radius 3 is 2.21 bits per heavy atom. The fourth-order valence-corrected chi connectivity index (χ4v) is 3.90. The molecule has 0 amide bonds. The molecule has 4 nitrogen and oxygen atoms in total. The normalized spacial score (nSPS) is 11.6. The van der Waals surface area contributed by atoms with Crippen LogP contribution in [0, 0.1) is 0 Å². The van der Waals surface area contributed by atoms with Crippen LogP contribution in [0.3, 0.4) is 0 Å². The Kier molecular flexibility index (Phi) is 6.47. The van der Waals surface area contributed by atoms with Gasteiger partial charge in [0.25, 0.3) is 0 Å². The zero-order valence-corrected chi connectivity index (χ0v) is 18.8. The summed E-state index contributed by atoms with van der Waals surface area (Å²) in [5.41, 5.74) is -0.406. The van der Waals surface area contributed by atoms with Crippen molar-refractivity contribution in [2.75, 3.05) is 0 Å². The third kappa shape index (κ3) is 4.90. The maximum atomic E-state index is 13.6. The van der Waals surface area contributed by atoms with Crippen molar-refractivity contribution in [3.05, 3.63) is 87.0 Å². The molecule has 0 radical (unpaired) electrons. The number of aromatic hydroxyl groups is 1. The molecule has 0 aliphatic heterocycles. The number of halogens is 6. The quantitative estimate of drug-likeness (QED) is 0.284. The third-order valence-corrected chi connectivity index (χ3v) is 5.81. The highest BCUT2D eigenvalue weighted by molar-refractivity contribution is 6.36. The summed E-state index contributed by atoms with van der Waals surface area (Å²) in [6, 6.07) is 15.1. The van der Waals surface area contributed by atoms with Gasteiger partial charge in [0.1, 0.15) is 29.5 Å². The molecular weight excluding hydrogens is 500 g/mol. The molecule has 10 heteroatoms. The number of hydrogen-bond acceptors (Lipinski definition) is 3. The van der Waals surface area contributed by atoms with E-state index in [4.69, 9.17) is 39.5 Å². The summed E-state index contributed by atoms with van der Waals surface area (Å²) in [4.78, 5) is 0. The number of ether oxygens (including phenoxy) is 1. The van der Waals surface area contributed by atoms with E-state index < -0.39 is 11.9 Å². The number of alkyl halides is 3. The Balaban J connectivity index is 1.70. The van der Waals surface area contributed by atoms with Crippen molar-refractivity contribution in [3.63, 3.8) is 0 Å². The van der Waals surface area contributed by atoms with Crippen molar-refractivity contribution in [2.45, 2.75) is 12.8 Å². The lowest BCUT2D eigenvalue weighted by Crippen LogP contribution is -2.07. The molecule has 0 atom stereocenters. The Labute approximate surface area is 201 Å². The Hall–Kier alpha value is -2.87. The SMILES string of the molecule is Oc1cc(OCc2c(Cl)cccc2Cl)ccc1-c1n[nH]c(C(F)(F)F)c1-c1ccc(Cl)cc1. The molecule has 33 heavy (non-hydrogen) atoms. The first-order chi connectivity index (χ1) is 15.6. The van der Waals surface area contributed by atoms with Gasteiger partial charge in [0.2, 0.25) is 0 Å². The molecule has 0 unspecified atom stereocenters. The summed E-state index contributed by atoms with van der Waals surface area (Å²) >= 11 is 18.1. The number of benzene rings is 3. The topological polar surface area (TPSA) is 58.1 Å². The van der Waals surface area contributed by atoms with Crippen LogP contribution in [0.1, 0.15) is 11.3 Å². The second kappa shape index (κ2) is 9.17. The molecule has 4 aromatic rings. The lowest BCUT2D eigenvalue weighted by molar-refractivity contribution is -0.140.